The molecule has 0 atom stereocenters. The summed E-state index contributed by atoms with van der Waals surface area (Å²) >= 11 is 0. The van der Waals surface area contributed by atoms with Crippen LogP contribution in [0.3, 0.4) is 0 Å². The lowest BCUT2D eigenvalue weighted by Gasteiger charge is -2.06. The van der Waals surface area contributed by atoms with Gasteiger partial charge in [0.05, 0.1) is 17.4 Å². The molecule has 5 nitrogen and oxygen atoms in total. The fourth-order valence-electron chi connectivity index (χ4n) is 1.52. The summed E-state index contributed by atoms with van der Waals surface area (Å²) in [5.41, 5.74) is 6.95. The van der Waals surface area contributed by atoms with Gasteiger partial charge in [-0.3, -0.25) is 9.48 Å². The number of carbonyl (C=O) groups excluding carboxylic acids is 1. The van der Waals surface area contributed by atoms with Crippen LogP contribution in [0.4, 0.5) is 15.8 Å². The topological polar surface area (TPSA) is 72.9 Å². The van der Waals surface area contributed by atoms with Crippen molar-refractivity contribution in [1.82, 2.24) is 9.78 Å². The van der Waals surface area contributed by atoms with Gasteiger partial charge in [-0.05, 0) is 25.1 Å². The van der Waals surface area contributed by atoms with Crippen molar-refractivity contribution in [2.24, 2.45) is 7.05 Å². The number of nitrogens with zero attached hydrogens (tertiary/aromatic N) is 2. The molecular formula is C12H13FN4O. The highest BCUT2D eigenvalue weighted by Gasteiger charge is 2.13. The lowest BCUT2D eigenvalue weighted by molar-refractivity contribution is 0.102. The van der Waals surface area contributed by atoms with Gasteiger partial charge in [0, 0.05) is 18.4 Å². The second-order valence-corrected chi connectivity index (χ2v) is 3.96. The van der Waals surface area contributed by atoms with Crippen LogP contribution in [0.1, 0.15) is 16.1 Å². The molecule has 1 aromatic carbocycles. The maximum absolute atomic E-state index is 13.2. The fourth-order valence-corrected chi connectivity index (χ4v) is 1.52. The van der Waals surface area contributed by atoms with E-state index in [-0.39, 0.29) is 11.6 Å². The molecule has 6 heteroatoms. The molecule has 18 heavy (non-hydrogen) atoms. The summed E-state index contributed by atoms with van der Waals surface area (Å²) in [7, 11) is 1.75. The maximum atomic E-state index is 13.2. The Balaban J connectivity index is 2.21. The van der Waals surface area contributed by atoms with Crippen LogP contribution in [0, 0.1) is 12.7 Å². The van der Waals surface area contributed by atoms with Crippen molar-refractivity contribution in [3.8, 4) is 0 Å². The number of anilines is 2. The molecule has 0 saturated heterocycles. The highest BCUT2D eigenvalue weighted by atomic mass is 19.1. The summed E-state index contributed by atoms with van der Waals surface area (Å²) in [6.45, 7) is 1.78. The maximum Gasteiger partial charge on any atom is 0.259 e. The minimum atomic E-state index is -0.560. The molecule has 2 aromatic rings. The number of nitrogen functional groups attached to an aromatic ring is 1. The van der Waals surface area contributed by atoms with Gasteiger partial charge in [0.2, 0.25) is 0 Å². The van der Waals surface area contributed by atoms with Crippen molar-refractivity contribution >= 4 is 17.3 Å². The lowest BCUT2D eigenvalue weighted by atomic mass is 10.2. The molecule has 1 heterocycles. The van der Waals surface area contributed by atoms with Gasteiger partial charge in [0.15, 0.2) is 0 Å². The first kappa shape index (κ1) is 12.1. The minimum absolute atomic E-state index is 0.0468. The fraction of sp³-hybridized carbons (Fsp3) is 0.167. The number of benzene rings is 1. The van der Waals surface area contributed by atoms with E-state index in [4.69, 9.17) is 5.73 Å². The van der Waals surface area contributed by atoms with Crippen LogP contribution >= 0.6 is 0 Å². The number of aryl methyl sites for hydroxylation is 1. The summed E-state index contributed by atoms with van der Waals surface area (Å²) in [4.78, 5) is 11.9. The largest absolute Gasteiger partial charge is 0.396 e. The van der Waals surface area contributed by atoms with Crippen LogP contribution in [-0.2, 0) is 7.05 Å². The van der Waals surface area contributed by atoms with Crippen LogP contribution < -0.4 is 11.1 Å². The van der Waals surface area contributed by atoms with E-state index in [2.05, 4.69) is 10.4 Å². The molecule has 0 aliphatic rings. The summed E-state index contributed by atoms with van der Waals surface area (Å²) in [6, 6.07) is 4.13. The van der Waals surface area contributed by atoms with Crippen molar-refractivity contribution < 1.29 is 9.18 Å². The molecule has 1 amide bonds. The summed E-state index contributed by atoms with van der Waals surface area (Å²) in [6.07, 6.45) is 1.47. The number of carbonyl (C=O) groups is 1. The number of nitrogens with two attached hydrogens (primary N) is 1. The van der Waals surface area contributed by atoms with E-state index < -0.39 is 5.82 Å². The highest BCUT2D eigenvalue weighted by Crippen LogP contribution is 2.17. The third-order valence-electron chi connectivity index (χ3n) is 2.74. The first-order valence-electron chi connectivity index (χ1n) is 5.34. The Labute approximate surface area is 103 Å². The van der Waals surface area contributed by atoms with Crippen molar-refractivity contribution in [2.45, 2.75) is 6.92 Å². The van der Waals surface area contributed by atoms with Gasteiger partial charge in [-0.25, -0.2) is 4.39 Å². The van der Waals surface area contributed by atoms with Gasteiger partial charge in [-0.2, -0.15) is 5.10 Å². The van der Waals surface area contributed by atoms with Gasteiger partial charge < -0.3 is 11.1 Å². The summed E-state index contributed by atoms with van der Waals surface area (Å²) in [5, 5.41) is 6.56. The second-order valence-electron chi connectivity index (χ2n) is 3.96. The first-order chi connectivity index (χ1) is 8.49. The van der Waals surface area contributed by atoms with Gasteiger partial charge in [0.25, 0.3) is 5.91 Å². The second kappa shape index (κ2) is 4.48. The van der Waals surface area contributed by atoms with Crippen molar-refractivity contribution in [2.75, 3.05) is 11.1 Å². The van der Waals surface area contributed by atoms with Gasteiger partial charge in [-0.1, -0.05) is 0 Å². The normalized spacial score (nSPS) is 10.4. The molecule has 0 unspecified atom stereocenters. The summed E-state index contributed by atoms with van der Waals surface area (Å²) < 4.78 is 14.8. The average Bonchev–Trinajstić information content (AvgIpc) is 2.65. The zero-order valence-corrected chi connectivity index (χ0v) is 10.1. The molecule has 0 spiro atoms. The quantitative estimate of drug-likeness (QED) is 0.794. The Hall–Kier alpha value is -2.37. The smallest absolute Gasteiger partial charge is 0.259 e. The Morgan fingerprint density at radius 2 is 2.22 bits per heavy atom. The monoisotopic (exact) mass is 248 g/mol. The Morgan fingerprint density at radius 1 is 1.50 bits per heavy atom. The number of hydrogen-bond donors (Lipinski definition) is 2. The van der Waals surface area contributed by atoms with E-state index in [0.717, 1.165) is 5.69 Å². The van der Waals surface area contributed by atoms with E-state index in [1.165, 1.54) is 18.3 Å². The van der Waals surface area contributed by atoms with E-state index in [0.29, 0.717) is 11.3 Å². The molecule has 2 rings (SSSR count). The van der Waals surface area contributed by atoms with Crippen LogP contribution in [0.5, 0.6) is 0 Å². The molecule has 0 aliphatic heterocycles. The molecule has 0 aliphatic carbocycles. The van der Waals surface area contributed by atoms with Crippen LogP contribution in [0.15, 0.2) is 24.4 Å². The minimum Gasteiger partial charge on any atom is -0.396 e. The van der Waals surface area contributed by atoms with Crippen molar-refractivity contribution in [1.29, 1.82) is 0 Å². The summed E-state index contributed by atoms with van der Waals surface area (Å²) in [5.74, 6) is -0.888. The number of hydrogen-bond acceptors (Lipinski definition) is 3. The van der Waals surface area contributed by atoms with E-state index in [1.54, 1.807) is 24.7 Å². The number of rotatable bonds is 2. The van der Waals surface area contributed by atoms with Crippen LogP contribution in [-0.4, -0.2) is 15.7 Å². The molecule has 0 radical (unpaired) electrons. The molecule has 94 valence electrons. The average molecular weight is 248 g/mol. The molecule has 1 aromatic heterocycles. The van der Waals surface area contributed by atoms with E-state index in [1.807, 2.05) is 0 Å². The van der Waals surface area contributed by atoms with Gasteiger partial charge in [0.1, 0.15) is 5.82 Å². The number of aromatic nitrogens is 2. The zero-order chi connectivity index (χ0) is 13.3. The standard InChI is InChI=1S/C12H13FN4O/c1-7-9(6-15-17(7)2)12(18)16-8-3-4-11(14)10(13)5-8/h3-6H,14H2,1-2H3,(H,16,18). The van der Waals surface area contributed by atoms with Crippen LogP contribution in [0.25, 0.3) is 0 Å². The predicted octanol–water partition coefficient (Wildman–Crippen LogP) is 1.70. The third kappa shape index (κ3) is 2.17. The lowest BCUT2D eigenvalue weighted by Crippen LogP contribution is -2.13. The molecular weight excluding hydrogens is 235 g/mol. The van der Waals surface area contributed by atoms with E-state index >= 15 is 0 Å². The Morgan fingerprint density at radius 3 is 2.78 bits per heavy atom. The van der Waals surface area contributed by atoms with E-state index in [9.17, 15) is 9.18 Å². The molecule has 0 bridgehead atoms. The first-order valence-corrected chi connectivity index (χ1v) is 5.34. The molecule has 3 N–H and O–H groups in total. The number of halogens is 1. The van der Waals surface area contributed by atoms with Crippen molar-refractivity contribution in [3.05, 3.63) is 41.5 Å². The Bertz CT molecular complexity index is 606. The van der Waals surface area contributed by atoms with Gasteiger partial charge in [-0.15, -0.1) is 0 Å². The van der Waals surface area contributed by atoms with Gasteiger partial charge >= 0.3 is 0 Å². The highest BCUT2D eigenvalue weighted by molar-refractivity contribution is 6.04. The van der Waals surface area contributed by atoms with Crippen molar-refractivity contribution in [3.63, 3.8) is 0 Å². The number of amides is 1. The molecule has 0 saturated carbocycles. The predicted molar refractivity (Wildman–Crippen MR) is 66.7 cm³/mol. The number of nitrogens with one attached hydrogen (secondary N) is 1. The zero-order valence-electron chi connectivity index (χ0n) is 10.1. The molecule has 0 fully saturated rings. The SMILES string of the molecule is Cc1c(C(=O)Nc2ccc(N)c(F)c2)cnn1C. The van der Waals surface area contributed by atoms with Crippen LogP contribution in [0.2, 0.25) is 0 Å². The third-order valence-corrected chi connectivity index (χ3v) is 2.74. The Kier molecular flexibility index (Phi) is 3.01.